The monoisotopic (exact) mass is 274 g/mol. The molecule has 0 aromatic heterocycles. The topological polar surface area (TPSA) is 15.3 Å². The van der Waals surface area contributed by atoms with Crippen LogP contribution in [0, 0.1) is 5.92 Å². The first kappa shape index (κ1) is 16.3. The number of rotatable bonds is 6. The van der Waals surface area contributed by atoms with Crippen LogP contribution in [0.4, 0.5) is 0 Å². The summed E-state index contributed by atoms with van der Waals surface area (Å²) in [7, 11) is 0. The van der Waals surface area contributed by atoms with Gasteiger partial charge in [-0.25, -0.2) is 0 Å². The van der Waals surface area contributed by atoms with E-state index in [1.165, 1.54) is 77.5 Å². The van der Waals surface area contributed by atoms with Crippen LogP contribution in [-0.2, 0) is 0 Å². The van der Waals surface area contributed by atoms with Crippen LogP contribution in [0.1, 0.15) is 58.3 Å². The summed E-state index contributed by atoms with van der Waals surface area (Å²) >= 11 is 0. The molecule has 18 heavy (non-hydrogen) atoms. The molecule has 108 valence electrons. The molecule has 2 rings (SSSR count). The van der Waals surface area contributed by atoms with Gasteiger partial charge in [-0.3, -0.25) is 0 Å². The summed E-state index contributed by atoms with van der Waals surface area (Å²) in [6, 6.07) is 0.873. The highest BCUT2D eigenvalue weighted by atomic mass is 35.5. The van der Waals surface area contributed by atoms with Crippen LogP contribution in [0.25, 0.3) is 0 Å². The number of nitrogens with zero attached hydrogens (tertiary/aromatic N) is 1. The van der Waals surface area contributed by atoms with Crippen molar-refractivity contribution in [1.82, 2.24) is 10.2 Å². The van der Waals surface area contributed by atoms with E-state index in [2.05, 4.69) is 17.1 Å². The number of hydrogen-bond donors (Lipinski definition) is 1. The summed E-state index contributed by atoms with van der Waals surface area (Å²) in [6.07, 6.45) is 11.5. The van der Waals surface area contributed by atoms with E-state index in [1.54, 1.807) is 0 Å². The molecule has 1 heterocycles. The Bertz CT molecular complexity index is 199. The van der Waals surface area contributed by atoms with Crippen LogP contribution < -0.4 is 5.32 Å². The number of halogens is 1. The molecule has 0 aromatic rings. The quantitative estimate of drug-likeness (QED) is 0.798. The van der Waals surface area contributed by atoms with Crippen LogP contribution >= 0.6 is 12.4 Å². The van der Waals surface area contributed by atoms with Crippen molar-refractivity contribution in [1.29, 1.82) is 0 Å². The fourth-order valence-electron chi connectivity index (χ4n) is 3.58. The van der Waals surface area contributed by atoms with Crippen LogP contribution in [-0.4, -0.2) is 37.1 Å². The van der Waals surface area contributed by atoms with Crippen molar-refractivity contribution in [3.8, 4) is 0 Å². The lowest BCUT2D eigenvalue weighted by atomic mass is 10.0. The lowest BCUT2D eigenvalue weighted by Gasteiger charge is -2.35. The zero-order chi connectivity index (χ0) is 11.9. The Hall–Kier alpha value is 0.210. The first-order valence-electron chi connectivity index (χ1n) is 7.85. The van der Waals surface area contributed by atoms with E-state index >= 15 is 0 Å². The molecule has 1 aliphatic carbocycles. The first-order chi connectivity index (χ1) is 8.40. The van der Waals surface area contributed by atoms with Gasteiger partial charge in [0.25, 0.3) is 0 Å². The van der Waals surface area contributed by atoms with Crippen molar-refractivity contribution >= 4 is 12.4 Å². The molecule has 0 radical (unpaired) electrons. The molecule has 0 amide bonds. The van der Waals surface area contributed by atoms with Crippen LogP contribution in [0.5, 0.6) is 0 Å². The van der Waals surface area contributed by atoms with Gasteiger partial charge in [-0.1, -0.05) is 32.6 Å². The van der Waals surface area contributed by atoms with Gasteiger partial charge >= 0.3 is 0 Å². The molecule has 0 bridgehead atoms. The maximum atomic E-state index is 3.48. The van der Waals surface area contributed by atoms with Crippen molar-refractivity contribution in [2.75, 3.05) is 26.2 Å². The molecule has 3 heteroatoms. The molecule has 1 N–H and O–H groups in total. The third kappa shape index (κ3) is 5.07. The van der Waals surface area contributed by atoms with Gasteiger partial charge in [0.15, 0.2) is 0 Å². The molecule has 2 fully saturated rings. The fourth-order valence-corrected chi connectivity index (χ4v) is 3.58. The van der Waals surface area contributed by atoms with E-state index in [1.807, 2.05) is 0 Å². The Morgan fingerprint density at radius 2 is 1.67 bits per heavy atom. The Morgan fingerprint density at radius 3 is 2.28 bits per heavy atom. The van der Waals surface area contributed by atoms with Crippen molar-refractivity contribution in [3.05, 3.63) is 0 Å². The van der Waals surface area contributed by atoms with Crippen molar-refractivity contribution in [2.24, 2.45) is 5.92 Å². The predicted octanol–water partition coefficient (Wildman–Crippen LogP) is 3.45. The van der Waals surface area contributed by atoms with Gasteiger partial charge in [-0.15, -0.1) is 12.4 Å². The Labute approximate surface area is 119 Å². The molecule has 1 aliphatic heterocycles. The van der Waals surface area contributed by atoms with Crippen LogP contribution in [0.15, 0.2) is 0 Å². The van der Waals surface area contributed by atoms with Crippen LogP contribution in [0.2, 0.25) is 0 Å². The molecule has 1 saturated heterocycles. The molecular weight excluding hydrogens is 244 g/mol. The average molecular weight is 275 g/mol. The summed E-state index contributed by atoms with van der Waals surface area (Å²) in [6.45, 7) is 7.47. The molecule has 0 atom stereocenters. The zero-order valence-corrected chi connectivity index (χ0v) is 12.8. The largest absolute Gasteiger partial charge is 0.317 e. The maximum Gasteiger partial charge on any atom is 0.0119 e. The summed E-state index contributed by atoms with van der Waals surface area (Å²) in [4.78, 5) is 2.79. The first-order valence-corrected chi connectivity index (χ1v) is 7.85. The second-order valence-electron chi connectivity index (χ2n) is 5.96. The second-order valence-corrected chi connectivity index (χ2v) is 5.96. The van der Waals surface area contributed by atoms with Gasteiger partial charge < -0.3 is 10.2 Å². The standard InChI is InChI=1S/C15H30N2.ClH/c1-2-12-17(15-7-10-16-11-8-15)13-9-14-5-3-4-6-14;/h14-16H,2-13H2,1H3;1H. The van der Waals surface area contributed by atoms with E-state index in [9.17, 15) is 0 Å². The molecular formula is C15H31ClN2. The highest BCUT2D eigenvalue weighted by molar-refractivity contribution is 5.85. The Balaban J connectivity index is 0.00000162. The van der Waals surface area contributed by atoms with Gasteiger partial charge in [0.1, 0.15) is 0 Å². The van der Waals surface area contributed by atoms with E-state index < -0.39 is 0 Å². The van der Waals surface area contributed by atoms with Gasteiger partial charge in [-0.2, -0.15) is 0 Å². The third-order valence-electron chi connectivity index (χ3n) is 4.64. The molecule has 2 nitrogen and oxygen atoms in total. The van der Waals surface area contributed by atoms with Crippen molar-refractivity contribution in [3.63, 3.8) is 0 Å². The lowest BCUT2D eigenvalue weighted by Crippen LogP contribution is -2.44. The van der Waals surface area contributed by atoms with Gasteiger partial charge in [0.2, 0.25) is 0 Å². The summed E-state index contributed by atoms with van der Waals surface area (Å²) in [5.41, 5.74) is 0. The molecule has 2 aliphatic rings. The molecule has 0 aromatic carbocycles. The van der Waals surface area contributed by atoms with E-state index in [-0.39, 0.29) is 12.4 Å². The fraction of sp³-hybridized carbons (Fsp3) is 1.00. The smallest absolute Gasteiger partial charge is 0.0119 e. The maximum absolute atomic E-state index is 3.48. The SMILES string of the molecule is CCCN(CCC1CCCC1)C1CCNCC1.Cl. The Morgan fingerprint density at radius 1 is 1.00 bits per heavy atom. The lowest BCUT2D eigenvalue weighted by molar-refractivity contribution is 0.152. The number of nitrogens with one attached hydrogen (secondary N) is 1. The summed E-state index contributed by atoms with van der Waals surface area (Å²) in [5, 5.41) is 3.48. The van der Waals surface area contributed by atoms with Gasteiger partial charge in [0, 0.05) is 6.04 Å². The van der Waals surface area contributed by atoms with Gasteiger partial charge in [-0.05, 0) is 57.8 Å². The molecule has 0 spiro atoms. The summed E-state index contributed by atoms with van der Waals surface area (Å²) in [5.74, 6) is 1.05. The van der Waals surface area contributed by atoms with Crippen molar-refractivity contribution in [2.45, 2.75) is 64.3 Å². The summed E-state index contributed by atoms with van der Waals surface area (Å²) < 4.78 is 0. The number of piperidine rings is 1. The molecule has 0 unspecified atom stereocenters. The van der Waals surface area contributed by atoms with Crippen LogP contribution in [0.3, 0.4) is 0 Å². The highest BCUT2D eigenvalue weighted by Gasteiger charge is 2.22. The van der Waals surface area contributed by atoms with E-state index in [4.69, 9.17) is 0 Å². The minimum absolute atomic E-state index is 0. The van der Waals surface area contributed by atoms with E-state index in [0.717, 1.165) is 12.0 Å². The minimum atomic E-state index is 0. The minimum Gasteiger partial charge on any atom is -0.317 e. The Kier molecular flexibility index (Phi) is 8.28. The van der Waals surface area contributed by atoms with Crippen molar-refractivity contribution < 1.29 is 0 Å². The highest BCUT2D eigenvalue weighted by Crippen LogP contribution is 2.28. The zero-order valence-electron chi connectivity index (χ0n) is 12.0. The predicted molar refractivity (Wildman–Crippen MR) is 81.6 cm³/mol. The van der Waals surface area contributed by atoms with E-state index in [0.29, 0.717) is 0 Å². The third-order valence-corrected chi connectivity index (χ3v) is 4.64. The van der Waals surface area contributed by atoms with Gasteiger partial charge in [0.05, 0.1) is 0 Å². The normalized spacial score (nSPS) is 22.3. The number of hydrogen-bond acceptors (Lipinski definition) is 2. The second kappa shape index (κ2) is 9.17. The average Bonchev–Trinajstić information content (AvgIpc) is 2.88. The molecule has 1 saturated carbocycles.